The zero-order chi connectivity index (χ0) is 15.9. The van der Waals surface area contributed by atoms with Gasteiger partial charge in [-0.15, -0.1) is 0 Å². The molecule has 2 heterocycles. The third-order valence-electron chi connectivity index (χ3n) is 3.69. The molecule has 0 bridgehead atoms. The predicted molar refractivity (Wildman–Crippen MR) is 89.7 cm³/mol. The van der Waals surface area contributed by atoms with Gasteiger partial charge in [-0.2, -0.15) is 0 Å². The quantitative estimate of drug-likeness (QED) is 0.676. The predicted octanol–water partition coefficient (Wildman–Crippen LogP) is 2.23. The number of rotatable bonds is 3. The van der Waals surface area contributed by atoms with Crippen LogP contribution in [0, 0.1) is 0 Å². The Balaban J connectivity index is 2.00. The van der Waals surface area contributed by atoms with Crippen molar-refractivity contribution in [2.75, 3.05) is 18.0 Å². The molecule has 1 aromatic rings. The van der Waals surface area contributed by atoms with Gasteiger partial charge >= 0.3 is 5.97 Å². The molecule has 1 amide bonds. The van der Waals surface area contributed by atoms with Crippen molar-refractivity contribution < 1.29 is 14.7 Å². The normalized spacial score (nSPS) is 20.8. The minimum absolute atomic E-state index is 0.307. The molecule has 0 atom stereocenters. The summed E-state index contributed by atoms with van der Waals surface area (Å²) in [5.41, 5.74) is 3.18. The fourth-order valence-electron chi connectivity index (χ4n) is 2.75. The molecule has 0 spiro atoms. The largest absolute Gasteiger partial charge is 0.480 e. The number of para-hydroxylation sites is 1. The minimum atomic E-state index is -1.07. The van der Waals surface area contributed by atoms with Crippen LogP contribution in [0.3, 0.4) is 0 Å². The summed E-state index contributed by atoms with van der Waals surface area (Å²) >= 11 is 6.36. The van der Waals surface area contributed by atoms with Gasteiger partial charge in [-0.05, 0) is 18.6 Å². The number of nitrogens with zero attached hydrogens (tertiary/aromatic N) is 2. The number of carbonyl (C=O) groups excluding carboxylic acids is 1. The average Bonchev–Trinajstić information content (AvgIpc) is 2.98. The molecule has 0 saturated carbocycles. The van der Waals surface area contributed by atoms with E-state index in [1.54, 1.807) is 0 Å². The second kappa shape index (κ2) is 5.73. The molecule has 5 nitrogen and oxygen atoms in total. The maximum atomic E-state index is 12.5. The molecule has 1 aromatic carbocycles. The van der Waals surface area contributed by atoms with E-state index < -0.39 is 5.97 Å². The van der Waals surface area contributed by atoms with E-state index in [1.165, 1.54) is 17.3 Å². The highest BCUT2D eigenvalue weighted by atomic mass is 32.2. The zero-order valence-electron chi connectivity index (χ0n) is 11.9. The fourth-order valence-corrected chi connectivity index (χ4v) is 4.08. The molecule has 7 heteroatoms. The number of anilines is 1. The topological polar surface area (TPSA) is 60.9 Å². The van der Waals surface area contributed by atoms with Gasteiger partial charge < -0.3 is 10.0 Å². The van der Waals surface area contributed by atoms with Gasteiger partial charge in [0.05, 0.1) is 4.91 Å². The smallest absolute Gasteiger partial charge is 0.323 e. The van der Waals surface area contributed by atoms with Gasteiger partial charge in [0.1, 0.15) is 10.9 Å². The fraction of sp³-hybridized carbons (Fsp3) is 0.267. The van der Waals surface area contributed by atoms with E-state index in [4.69, 9.17) is 17.3 Å². The van der Waals surface area contributed by atoms with Crippen LogP contribution in [0.1, 0.15) is 12.5 Å². The molecule has 0 aromatic heterocycles. The van der Waals surface area contributed by atoms with Crippen LogP contribution in [0.15, 0.2) is 34.9 Å². The van der Waals surface area contributed by atoms with E-state index in [-0.39, 0.29) is 12.5 Å². The molecule has 0 unspecified atom stereocenters. The summed E-state index contributed by atoms with van der Waals surface area (Å²) in [4.78, 5) is 27.2. The standard InChI is InChI=1S/C15H14N2O3S2/c1-2-16-10-6-4-3-5-9(10)7-11(16)13-14(20)17(8-12(18)19)15(21)22-13/h3-6H,2,7-8H2,1H3,(H,18,19)/b13-11-. The highest BCUT2D eigenvalue weighted by molar-refractivity contribution is 8.26. The molecule has 3 rings (SSSR count). The highest BCUT2D eigenvalue weighted by Crippen LogP contribution is 2.41. The van der Waals surface area contributed by atoms with Gasteiger partial charge in [-0.3, -0.25) is 14.5 Å². The van der Waals surface area contributed by atoms with Crippen LogP contribution in [0.4, 0.5) is 5.69 Å². The number of aliphatic carboxylic acids is 1. The molecule has 1 fully saturated rings. The van der Waals surface area contributed by atoms with Crippen molar-refractivity contribution in [1.29, 1.82) is 0 Å². The summed E-state index contributed by atoms with van der Waals surface area (Å²) in [6, 6.07) is 8.03. The van der Waals surface area contributed by atoms with Gasteiger partial charge in [-0.25, -0.2) is 0 Å². The molecule has 2 aliphatic heterocycles. The van der Waals surface area contributed by atoms with Crippen LogP contribution in [0.2, 0.25) is 0 Å². The average molecular weight is 334 g/mol. The summed E-state index contributed by atoms with van der Waals surface area (Å²) in [7, 11) is 0. The van der Waals surface area contributed by atoms with Crippen molar-refractivity contribution in [3.05, 3.63) is 40.4 Å². The molecule has 0 aliphatic carbocycles. The molecule has 22 heavy (non-hydrogen) atoms. The minimum Gasteiger partial charge on any atom is -0.480 e. The number of thiocarbonyl (C=S) groups is 1. The van der Waals surface area contributed by atoms with Crippen LogP contribution in [-0.4, -0.2) is 39.3 Å². The maximum absolute atomic E-state index is 12.5. The number of hydrogen-bond acceptors (Lipinski definition) is 5. The number of allylic oxidation sites excluding steroid dienone is 1. The molecule has 1 saturated heterocycles. The van der Waals surface area contributed by atoms with Crippen LogP contribution >= 0.6 is 24.0 Å². The SMILES string of the molecule is CCN1/C(=C2\SC(=S)N(CC(=O)O)C2=O)Cc2ccccc21. The van der Waals surface area contributed by atoms with Crippen LogP contribution in [0.5, 0.6) is 0 Å². The zero-order valence-corrected chi connectivity index (χ0v) is 13.5. The number of carboxylic acid groups (broad SMARTS) is 1. The second-order valence-electron chi connectivity index (χ2n) is 4.98. The lowest BCUT2D eigenvalue weighted by Crippen LogP contribution is -2.34. The first-order valence-corrected chi connectivity index (χ1v) is 8.09. The number of fused-ring (bicyclic) bond motifs is 1. The first-order chi connectivity index (χ1) is 10.5. The second-order valence-corrected chi connectivity index (χ2v) is 6.62. The first kappa shape index (κ1) is 15.1. The maximum Gasteiger partial charge on any atom is 0.323 e. The number of carbonyl (C=O) groups is 2. The van der Waals surface area contributed by atoms with Gasteiger partial charge in [0.2, 0.25) is 0 Å². The summed E-state index contributed by atoms with van der Waals surface area (Å²) in [6.45, 7) is 2.38. The van der Waals surface area contributed by atoms with Crippen molar-refractivity contribution in [2.45, 2.75) is 13.3 Å². The lowest BCUT2D eigenvalue weighted by atomic mass is 10.1. The molecule has 0 radical (unpaired) electrons. The van der Waals surface area contributed by atoms with Crippen LogP contribution in [0.25, 0.3) is 0 Å². The molecular weight excluding hydrogens is 320 g/mol. The molecular formula is C15H14N2O3S2. The van der Waals surface area contributed by atoms with E-state index >= 15 is 0 Å². The van der Waals surface area contributed by atoms with E-state index in [0.717, 1.165) is 22.8 Å². The Morgan fingerprint density at radius 3 is 2.77 bits per heavy atom. The summed E-state index contributed by atoms with van der Waals surface area (Å²) in [5, 5.41) is 8.91. The number of likely N-dealkylation sites (N-methyl/N-ethyl adjacent to an activating group) is 1. The van der Waals surface area contributed by atoms with Crippen LogP contribution < -0.4 is 4.90 Å². The molecule has 114 valence electrons. The monoisotopic (exact) mass is 334 g/mol. The van der Waals surface area contributed by atoms with E-state index in [2.05, 4.69) is 4.90 Å². The Labute approximate surface area is 137 Å². The lowest BCUT2D eigenvalue weighted by molar-refractivity contribution is -0.140. The Bertz CT molecular complexity index is 714. The number of thioether (sulfide) groups is 1. The van der Waals surface area contributed by atoms with Crippen molar-refractivity contribution >= 4 is 45.9 Å². The Morgan fingerprint density at radius 1 is 1.36 bits per heavy atom. The Kier molecular flexibility index (Phi) is 3.92. The molecule has 2 aliphatic rings. The summed E-state index contributed by atoms with van der Waals surface area (Å²) in [5.74, 6) is -1.37. The van der Waals surface area contributed by atoms with Crippen molar-refractivity contribution in [3.8, 4) is 0 Å². The summed E-state index contributed by atoms with van der Waals surface area (Å²) in [6.07, 6.45) is 0.668. The lowest BCUT2D eigenvalue weighted by Gasteiger charge is -2.20. The van der Waals surface area contributed by atoms with Gasteiger partial charge in [0.25, 0.3) is 5.91 Å². The number of amides is 1. The van der Waals surface area contributed by atoms with Crippen molar-refractivity contribution in [2.24, 2.45) is 0 Å². The highest BCUT2D eigenvalue weighted by Gasteiger charge is 2.38. The summed E-state index contributed by atoms with van der Waals surface area (Å²) < 4.78 is 0.307. The Hall–Kier alpha value is -1.86. The van der Waals surface area contributed by atoms with E-state index in [1.807, 2.05) is 31.2 Å². The van der Waals surface area contributed by atoms with E-state index in [0.29, 0.717) is 15.6 Å². The number of hydrogen-bond donors (Lipinski definition) is 1. The molecule has 1 N–H and O–H groups in total. The van der Waals surface area contributed by atoms with Crippen LogP contribution in [-0.2, 0) is 16.0 Å². The Morgan fingerprint density at radius 2 is 2.09 bits per heavy atom. The number of carboxylic acids is 1. The third-order valence-corrected chi connectivity index (χ3v) is 5.17. The van der Waals surface area contributed by atoms with Gasteiger partial charge in [0.15, 0.2) is 0 Å². The van der Waals surface area contributed by atoms with Crippen molar-refractivity contribution in [3.63, 3.8) is 0 Å². The first-order valence-electron chi connectivity index (χ1n) is 6.87. The van der Waals surface area contributed by atoms with Crippen molar-refractivity contribution in [1.82, 2.24) is 4.90 Å². The van der Waals surface area contributed by atoms with E-state index in [9.17, 15) is 9.59 Å². The third kappa shape index (κ3) is 2.40. The van der Waals surface area contributed by atoms with Gasteiger partial charge in [-0.1, -0.05) is 42.2 Å². The van der Waals surface area contributed by atoms with Gasteiger partial charge in [0, 0.05) is 24.4 Å². The number of benzene rings is 1.